The predicted molar refractivity (Wildman–Crippen MR) is 155 cm³/mol. The topological polar surface area (TPSA) is 124 Å². The van der Waals surface area contributed by atoms with Gasteiger partial charge in [-0.2, -0.15) is 0 Å². The van der Waals surface area contributed by atoms with E-state index in [1.807, 2.05) is 17.7 Å². The molecule has 0 aliphatic carbocycles. The van der Waals surface area contributed by atoms with Gasteiger partial charge in [-0.05, 0) is 49.2 Å². The Labute approximate surface area is 240 Å². The largest absolute Gasteiger partial charge is 0.496 e. The molecule has 42 heavy (non-hydrogen) atoms. The fourth-order valence-corrected chi connectivity index (χ4v) is 5.49. The number of rotatable bonds is 7. The number of ether oxygens (including phenoxy) is 1. The van der Waals surface area contributed by atoms with Gasteiger partial charge in [0.2, 0.25) is 0 Å². The summed E-state index contributed by atoms with van der Waals surface area (Å²) in [6.45, 7) is 1.13. The number of aromatic nitrogens is 5. The zero-order chi connectivity index (χ0) is 29.4. The van der Waals surface area contributed by atoms with Crippen molar-refractivity contribution in [3.63, 3.8) is 0 Å². The fraction of sp³-hybridized carbons (Fsp3) is 0.233. The first-order valence-corrected chi connectivity index (χ1v) is 13.4. The van der Waals surface area contributed by atoms with E-state index in [4.69, 9.17) is 15.5 Å². The van der Waals surface area contributed by atoms with Gasteiger partial charge in [0.25, 0.3) is 5.91 Å². The molecule has 214 valence electrons. The summed E-state index contributed by atoms with van der Waals surface area (Å²) < 4.78 is 36.5. The van der Waals surface area contributed by atoms with Crippen LogP contribution >= 0.6 is 0 Å². The lowest BCUT2D eigenvalue weighted by Crippen LogP contribution is -2.36. The number of imidazole rings is 1. The average molecular weight is 571 g/mol. The number of halogens is 2. The van der Waals surface area contributed by atoms with Gasteiger partial charge < -0.3 is 25.3 Å². The zero-order valence-corrected chi connectivity index (χ0v) is 23.0. The first-order chi connectivity index (χ1) is 20.4. The highest BCUT2D eigenvalue weighted by Crippen LogP contribution is 2.40. The van der Waals surface area contributed by atoms with Crippen molar-refractivity contribution in [1.82, 2.24) is 24.5 Å². The van der Waals surface area contributed by atoms with Crippen LogP contribution in [-0.2, 0) is 7.05 Å². The molecule has 0 spiro atoms. The second kappa shape index (κ2) is 11.1. The van der Waals surface area contributed by atoms with E-state index in [0.29, 0.717) is 41.4 Å². The number of hydrogen-bond acceptors (Lipinski definition) is 8. The number of fused-ring (bicyclic) bond motifs is 1. The van der Waals surface area contributed by atoms with Gasteiger partial charge in [-0.1, -0.05) is 6.07 Å². The Morgan fingerprint density at radius 3 is 2.76 bits per heavy atom. The molecule has 1 fully saturated rings. The van der Waals surface area contributed by atoms with E-state index in [2.05, 4.69) is 25.2 Å². The summed E-state index contributed by atoms with van der Waals surface area (Å²) in [5, 5.41) is 2.97. The molecule has 4 heterocycles. The Hall–Kier alpha value is -4.97. The third-order valence-electron chi connectivity index (χ3n) is 7.53. The number of nitrogens with one attached hydrogen (secondary N) is 1. The van der Waals surface area contributed by atoms with Crippen molar-refractivity contribution in [2.75, 3.05) is 30.4 Å². The van der Waals surface area contributed by atoms with Gasteiger partial charge >= 0.3 is 0 Å². The van der Waals surface area contributed by atoms with Crippen molar-refractivity contribution < 1.29 is 18.3 Å². The van der Waals surface area contributed by atoms with Crippen molar-refractivity contribution in [2.24, 2.45) is 12.8 Å². The molecule has 3 N–H and O–H groups in total. The van der Waals surface area contributed by atoms with Crippen molar-refractivity contribution in [3.8, 4) is 28.5 Å². The molecule has 2 aromatic carbocycles. The number of aryl methyl sites for hydroxylation is 1. The molecule has 6 rings (SSSR count). The smallest absolute Gasteiger partial charge is 0.274 e. The van der Waals surface area contributed by atoms with E-state index >= 15 is 0 Å². The number of anilines is 2. The predicted octanol–water partition coefficient (Wildman–Crippen LogP) is 4.56. The summed E-state index contributed by atoms with van der Waals surface area (Å²) in [6, 6.07) is 11.1. The normalized spacial score (nSPS) is 14.9. The molecule has 0 bridgehead atoms. The number of carbonyl (C=O) groups excluding carboxylic acids is 1. The number of carbonyl (C=O) groups is 1. The van der Waals surface area contributed by atoms with Crippen molar-refractivity contribution in [2.45, 2.75) is 18.9 Å². The molecule has 10 nitrogen and oxygen atoms in total. The van der Waals surface area contributed by atoms with Crippen LogP contribution in [0.1, 0.15) is 23.3 Å². The van der Waals surface area contributed by atoms with Gasteiger partial charge in [0.15, 0.2) is 11.6 Å². The lowest BCUT2D eigenvalue weighted by Gasteiger charge is -2.28. The van der Waals surface area contributed by atoms with Crippen molar-refractivity contribution >= 4 is 28.3 Å². The van der Waals surface area contributed by atoms with Crippen LogP contribution < -0.4 is 20.7 Å². The Morgan fingerprint density at radius 2 is 1.98 bits per heavy atom. The Kier molecular flexibility index (Phi) is 7.21. The van der Waals surface area contributed by atoms with Crippen LogP contribution in [-0.4, -0.2) is 56.7 Å². The summed E-state index contributed by atoms with van der Waals surface area (Å²) >= 11 is 0. The number of pyridine rings is 1. The molecule has 3 aromatic heterocycles. The van der Waals surface area contributed by atoms with Crippen LogP contribution in [0.3, 0.4) is 0 Å². The number of nitrogens with two attached hydrogens (primary N) is 1. The van der Waals surface area contributed by atoms with E-state index in [-0.39, 0.29) is 28.9 Å². The molecule has 0 saturated carbocycles. The molecular weight excluding hydrogens is 542 g/mol. The van der Waals surface area contributed by atoms with E-state index in [1.54, 1.807) is 18.2 Å². The Balaban J connectivity index is 1.44. The molecular formula is C30H28F2N8O2. The van der Waals surface area contributed by atoms with Crippen LogP contribution in [0.25, 0.3) is 33.8 Å². The molecule has 5 aromatic rings. The zero-order valence-electron chi connectivity index (χ0n) is 23.0. The second-order valence-corrected chi connectivity index (χ2v) is 9.94. The number of hydrogen-bond donors (Lipinski definition) is 2. The van der Waals surface area contributed by atoms with Crippen molar-refractivity contribution in [3.05, 3.63) is 78.4 Å². The lowest BCUT2D eigenvalue weighted by molar-refractivity contribution is 0.102. The summed E-state index contributed by atoms with van der Waals surface area (Å²) in [5.41, 5.74) is 9.08. The van der Waals surface area contributed by atoms with Crippen molar-refractivity contribution in [1.29, 1.82) is 0 Å². The third kappa shape index (κ3) is 4.69. The quantitative estimate of drug-likeness (QED) is 0.292. The highest BCUT2D eigenvalue weighted by Gasteiger charge is 2.30. The van der Waals surface area contributed by atoms with E-state index in [1.165, 1.54) is 37.7 Å². The molecule has 1 aliphatic heterocycles. The molecule has 1 atom stereocenters. The fourth-order valence-electron chi connectivity index (χ4n) is 5.49. The van der Waals surface area contributed by atoms with Gasteiger partial charge in [-0.15, -0.1) is 0 Å². The lowest BCUT2D eigenvalue weighted by atomic mass is 10.1. The summed E-state index contributed by atoms with van der Waals surface area (Å²) in [4.78, 5) is 33.0. The van der Waals surface area contributed by atoms with Crippen LogP contribution in [0.15, 0.2) is 61.1 Å². The highest BCUT2D eigenvalue weighted by molar-refractivity contribution is 6.08. The molecule has 1 aliphatic rings. The van der Waals surface area contributed by atoms with Crippen LogP contribution in [0, 0.1) is 11.6 Å². The monoisotopic (exact) mass is 570 g/mol. The SMILES string of the molecule is COc1cccc(F)c1-c1nccc(C(=O)Nc2ccc3c(nc(-c4ccncc4F)n3C)c2N2CCCC2CN)n1. The second-order valence-electron chi connectivity index (χ2n) is 9.94. The van der Waals surface area contributed by atoms with Gasteiger partial charge in [-0.3, -0.25) is 9.78 Å². The molecule has 0 radical (unpaired) electrons. The first-order valence-electron chi connectivity index (χ1n) is 13.4. The van der Waals surface area contributed by atoms with E-state index in [9.17, 15) is 13.6 Å². The average Bonchev–Trinajstić information content (AvgIpc) is 3.61. The van der Waals surface area contributed by atoms with Gasteiger partial charge in [0.1, 0.15) is 28.6 Å². The first kappa shape index (κ1) is 27.2. The van der Waals surface area contributed by atoms with Crippen LogP contribution in [0.5, 0.6) is 5.75 Å². The molecule has 12 heteroatoms. The number of benzene rings is 2. The van der Waals surface area contributed by atoms with Gasteiger partial charge in [0.05, 0.1) is 41.3 Å². The summed E-state index contributed by atoms with van der Waals surface area (Å²) in [5.74, 6) is -0.883. The van der Waals surface area contributed by atoms with Gasteiger partial charge in [0, 0.05) is 38.6 Å². The number of amides is 1. The number of nitrogens with zero attached hydrogens (tertiary/aromatic N) is 6. The molecule has 1 saturated heterocycles. The maximum atomic E-state index is 14.7. The molecule has 1 amide bonds. The highest BCUT2D eigenvalue weighted by atomic mass is 19.1. The molecule has 1 unspecified atom stereocenters. The summed E-state index contributed by atoms with van der Waals surface area (Å²) in [6.07, 6.45) is 5.87. The maximum absolute atomic E-state index is 14.7. The van der Waals surface area contributed by atoms with Gasteiger partial charge in [-0.25, -0.2) is 23.7 Å². The minimum atomic E-state index is -0.571. The van der Waals surface area contributed by atoms with E-state index in [0.717, 1.165) is 24.6 Å². The Morgan fingerprint density at radius 1 is 1.12 bits per heavy atom. The van der Waals surface area contributed by atoms with E-state index < -0.39 is 17.5 Å². The standard InChI is InChI=1S/C30H28F2N8O2/c1-39-23-9-8-21(37-30(41)22-11-13-35-28(36-22)25-19(31)6-3-7-24(25)42-2)27(40-14-4-5-17(40)15-33)26(23)38-29(39)18-10-12-34-16-20(18)32/h3,6-13,16-17H,4-5,14-15,33H2,1-2H3,(H,37,41). The maximum Gasteiger partial charge on any atom is 0.274 e. The third-order valence-corrected chi connectivity index (χ3v) is 7.53. The minimum absolute atomic E-state index is 0.0183. The van der Waals surface area contributed by atoms with Crippen LogP contribution in [0.2, 0.25) is 0 Å². The van der Waals surface area contributed by atoms with Crippen LogP contribution in [0.4, 0.5) is 20.2 Å². The number of methoxy groups -OCH3 is 1. The Bertz CT molecular complexity index is 1810. The minimum Gasteiger partial charge on any atom is -0.496 e. The summed E-state index contributed by atoms with van der Waals surface area (Å²) in [7, 11) is 3.24.